The molecule has 4 aromatic rings. The van der Waals surface area contributed by atoms with Crippen LogP contribution in [0.25, 0.3) is 10.9 Å². The number of carbonyl (C=O) groups is 2. The van der Waals surface area contributed by atoms with Crippen molar-refractivity contribution in [2.45, 2.75) is 38.3 Å². The summed E-state index contributed by atoms with van der Waals surface area (Å²) in [6.45, 7) is 4.62. The molecule has 0 aliphatic carbocycles. The van der Waals surface area contributed by atoms with Gasteiger partial charge in [-0.2, -0.15) is 0 Å². The highest BCUT2D eigenvalue weighted by molar-refractivity contribution is 6.30. The fraction of sp³-hybridized carbons (Fsp3) is 0.387. The molecule has 10 heteroatoms. The Morgan fingerprint density at radius 3 is 2.83 bits per heavy atom. The van der Waals surface area contributed by atoms with E-state index in [1.807, 2.05) is 85.3 Å². The standard InChI is InChI=1S/C31H38ClN7O2/c1-21(26-17-35-27-8-5-4-7-25(26)27)29(36-31(41)34-11-6-13-38-14-12-33-20-38)30(40)39-19-22(18-37(2)3)15-23-16-24(32)9-10-28(23)39/h4-5,7-10,12,14,16-17,20-22,29,35H,6,11,13,15,18-19H2,1-3H3,(H2,34,36,41)/t21?,22-,29?/m1/s1. The molecule has 5 rings (SSSR count). The summed E-state index contributed by atoms with van der Waals surface area (Å²) in [7, 11) is 4.08. The number of imidazole rings is 1. The van der Waals surface area contributed by atoms with Gasteiger partial charge in [0.05, 0.1) is 6.33 Å². The summed E-state index contributed by atoms with van der Waals surface area (Å²) in [5.41, 5.74) is 3.88. The van der Waals surface area contributed by atoms with Gasteiger partial charge in [-0.1, -0.05) is 36.7 Å². The minimum absolute atomic E-state index is 0.136. The van der Waals surface area contributed by atoms with Crippen molar-refractivity contribution in [1.29, 1.82) is 0 Å². The first-order valence-electron chi connectivity index (χ1n) is 14.1. The van der Waals surface area contributed by atoms with E-state index in [1.54, 1.807) is 12.5 Å². The van der Waals surface area contributed by atoms with Gasteiger partial charge in [0.15, 0.2) is 0 Å². The molecular formula is C31H38ClN7O2. The summed E-state index contributed by atoms with van der Waals surface area (Å²) in [5, 5.41) is 7.68. The molecule has 2 aromatic carbocycles. The SMILES string of the molecule is CC(c1c[nH]c2ccccc12)C(NC(=O)NCCCn1ccnc1)C(=O)N1C[C@@H](CN(C)C)Cc2cc(Cl)ccc21. The van der Waals surface area contributed by atoms with Gasteiger partial charge in [0.25, 0.3) is 0 Å². The third kappa shape index (κ3) is 6.74. The minimum atomic E-state index is -0.788. The van der Waals surface area contributed by atoms with E-state index in [2.05, 4.69) is 25.5 Å². The van der Waals surface area contributed by atoms with Crippen LogP contribution in [0.5, 0.6) is 0 Å². The highest BCUT2D eigenvalue weighted by Gasteiger charge is 2.37. The van der Waals surface area contributed by atoms with E-state index in [9.17, 15) is 9.59 Å². The van der Waals surface area contributed by atoms with Crippen LogP contribution >= 0.6 is 11.6 Å². The largest absolute Gasteiger partial charge is 0.361 e. The van der Waals surface area contributed by atoms with Gasteiger partial charge in [-0.05, 0) is 68.2 Å². The van der Waals surface area contributed by atoms with Crippen LogP contribution in [-0.2, 0) is 17.8 Å². The summed E-state index contributed by atoms with van der Waals surface area (Å²) in [4.78, 5) is 39.0. The maximum Gasteiger partial charge on any atom is 0.315 e. The summed E-state index contributed by atoms with van der Waals surface area (Å²) in [6, 6.07) is 12.6. The summed E-state index contributed by atoms with van der Waals surface area (Å²) < 4.78 is 1.97. The number of urea groups is 1. The van der Waals surface area contributed by atoms with Crippen molar-refractivity contribution in [3.05, 3.63) is 83.5 Å². The van der Waals surface area contributed by atoms with Crippen LogP contribution < -0.4 is 15.5 Å². The Morgan fingerprint density at radius 1 is 1.22 bits per heavy atom. The first kappa shape index (κ1) is 28.7. The number of H-pyrrole nitrogens is 1. The Labute approximate surface area is 245 Å². The normalized spacial score (nSPS) is 16.4. The lowest BCUT2D eigenvalue weighted by Crippen LogP contribution is -2.56. The number of halogens is 1. The number of anilines is 1. The number of aromatic nitrogens is 3. The molecule has 3 atom stereocenters. The van der Waals surface area contributed by atoms with Crippen molar-refractivity contribution in [3.8, 4) is 0 Å². The zero-order valence-corrected chi connectivity index (χ0v) is 24.6. The average Bonchev–Trinajstić information content (AvgIpc) is 3.62. The van der Waals surface area contributed by atoms with Gasteiger partial charge < -0.3 is 30.0 Å². The van der Waals surface area contributed by atoms with Crippen LogP contribution in [-0.4, -0.2) is 71.1 Å². The molecule has 9 nitrogen and oxygen atoms in total. The zero-order chi connectivity index (χ0) is 28.9. The predicted octanol–water partition coefficient (Wildman–Crippen LogP) is 4.65. The van der Waals surface area contributed by atoms with Gasteiger partial charge >= 0.3 is 6.03 Å². The number of amides is 3. The molecule has 1 aliphatic rings. The Bertz CT molecular complexity index is 1480. The molecule has 41 heavy (non-hydrogen) atoms. The first-order valence-corrected chi connectivity index (χ1v) is 14.5. The average molecular weight is 576 g/mol. The van der Waals surface area contributed by atoms with Crippen LogP contribution in [0.4, 0.5) is 10.5 Å². The van der Waals surface area contributed by atoms with Gasteiger partial charge in [-0.25, -0.2) is 9.78 Å². The fourth-order valence-corrected chi connectivity index (χ4v) is 6.05. The molecule has 2 aromatic heterocycles. The molecule has 3 amide bonds. The highest BCUT2D eigenvalue weighted by Crippen LogP contribution is 2.35. The van der Waals surface area contributed by atoms with Crippen molar-refractivity contribution in [2.24, 2.45) is 5.92 Å². The lowest BCUT2D eigenvalue weighted by atomic mass is 9.88. The molecule has 0 fully saturated rings. The molecular weight excluding hydrogens is 538 g/mol. The number of para-hydroxylation sites is 1. The van der Waals surface area contributed by atoms with E-state index >= 15 is 0 Å². The first-order chi connectivity index (χ1) is 19.8. The van der Waals surface area contributed by atoms with Gasteiger partial charge in [-0.3, -0.25) is 4.79 Å². The maximum absolute atomic E-state index is 14.5. The third-order valence-electron chi connectivity index (χ3n) is 7.77. The Kier molecular flexibility index (Phi) is 8.95. The number of benzene rings is 2. The van der Waals surface area contributed by atoms with Crippen LogP contribution in [0.3, 0.4) is 0 Å². The quantitative estimate of drug-likeness (QED) is 0.240. The number of carbonyl (C=O) groups excluding carboxylic acids is 2. The predicted molar refractivity (Wildman–Crippen MR) is 163 cm³/mol. The number of aryl methyl sites for hydroxylation is 1. The van der Waals surface area contributed by atoms with Crippen LogP contribution in [0, 0.1) is 5.92 Å². The summed E-state index contributed by atoms with van der Waals surface area (Å²) in [5.74, 6) is -0.190. The lowest BCUT2D eigenvalue weighted by Gasteiger charge is -2.38. The number of fused-ring (bicyclic) bond motifs is 2. The van der Waals surface area contributed by atoms with Crippen molar-refractivity contribution in [2.75, 3.05) is 38.6 Å². The zero-order valence-electron chi connectivity index (χ0n) is 23.8. The van der Waals surface area contributed by atoms with E-state index in [4.69, 9.17) is 11.6 Å². The third-order valence-corrected chi connectivity index (χ3v) is 8.01. The number of aromatic amines is 1. The molecule has 1 aliphatic heterocycles. The highest BCUT2D eigenvalue weighted by atomic mass is 35.5. The molecule has 0 spiro atoms. The second-order valence-electron chi connectivity index (χ2n) is 11.2. The van der Waals surface area contributed by atoms with Crippen molar-refractivity contribution in [3.63, 3.8) is 0 Å². The molecule has 216 valence electrons. The lowest BCUT2D eigenvalue weighted by molar-refractivity contribution is -0.121. The number of nitrogens with zero attached hydrogens (tertiary/aromatic N) is 4. The number of nitrogens with one attached hydrogen (secondary N) is 3. The molecule has 3 N–H and O–H groups in total. The second kappa shape index (κ2) is 12.8. The topological polar surface area (TPSA) is 98.3 Å². The Hall–Kier alpha value is -3.82. The van der Waals surface area contributed by atoms with Crippen LogP contribution in [0.15, 0.2) is 67.4 Å². The van der Waals surface area contributed by atoms with Gasteiger partial charge in [0, 0.05) is 72.3 Å². The second-order valence-corrected chi connectivity index (χ2v) is 11.6. The van der Waals surface area contributed by atoms with Gasteiger partial charge in [-0.15, -0.1) is 0 Å². The van der Waals surface area contributed by atoms with E-state index in [0.717, 1.165) is 53.6 Å². The van der Waals surface area contributed by atoms with Crippen molar-refractivity contribution < 1.29 is 9.59 Å². The van der Waals surface area contributed by atoms with Gasteiger partial charge in [0.1, 0.15) is 6.04 Å². The van der Waals surface area contributed by atoms with Crippen LogP contribution in [0.1, 0.15) is 30.4 Å². The fourth-order valence-electron chi connectivity index (χ4n) is 5.85. The molecule has 0 saturated heterocycles. The van der Waals surface area contributed by atoms with E-state index in [1.165, 1.54) is 0 Å². The smallest absolute Gasteiger partial charge is 0.315 e. The molecule has 0 bridgehead atoms. The van der Waals surface area contributed by atoms with E-state index in [-0.39, 0.29) is 23.8 Å². The maximum atomic E-state index is 14.5. The minimum Gasteiger partial charge on any atom is -0.361 e. The van der Waals surface area contributed by atoms with Crippen molar-refractivity contribution >= 4 is 40.1 Å². The monoisotopic (exact) mass is 575 g/mol. The van der Waals surface area contributed by atoms with Gasteiger partial charge in [0.2, 0.25) is 5.91 Å². The molecule has 0 radical (unpaired) electrons. The molecule has 3 heterocycles. The molecule has 2 unspecified atom stereocenters. The number of hydrogen-bond acceptors (Lipinski definition) is 4. The number of rotatable bonds is 10. The van der Waals surface area contributed by atoms with Crippen molar-refractivity contribution in [1.82, 2.24) is 30.1 Å². The molecule has 0 saturated carbocycles. The number of hydrogen-bond donors (Lipinski definition) is 3. The summed E-state index contributed by atoms with van der Waals surface area (Å²) >= 11 is 6.37. The van der Waals surface area contributed by atoms with Crippen LogP contribution in [0.2, 0.25) is 5.02 Å². The van der Waals surface area contributed by atoms with E-state index < -0.39 is 6.04 Å². The Morgan fingerprint density at radius 2 is 2.05 bits per heavy atom. The van der Waals surface area contributed by atoms with E-state index in [0.29, 0.717) is 18.1 Å². The summed E-state index contributed by atoms with van der Waals surface area (Å²) in [6.07, 6.45) is 8.91. The Balaban J connectivity index is 1.40.